The van der Waals surface area contributed by atoms with Gasteiger partial charge in [0.25, 0.3) is 0 Å². The minimum atomic E-state index is -0.171. The van der Waals surface area contributed by atoms with Gasteiger partial charge in [-0.1, -0.05) is 31.3 Å². The van der Waals surface area contributed by atoms with Gasteiger partial charge in [0, 0.05) is 6.61 Å². The molecule has 0 radical (unpaired) electrons. The largest absolute Gasteiger partial charge is 0.370 e. The van der Waals surface area contributed by atoms with Crippen molar-refractivity contribution in [2.75, 3.05) is 6.61 Å². The number of nitrogens with zero attached hydrogens (tertiary/aromatic N) is 2. The van der Waals surface area contributed by atoms with E-state index in [4.69, 9.17) is 15.0 Å². The van der Waals surface area contributed by atoms with Gasteiger partial charge in [0.05, 0.1) is 6.04 Å². The summed E-state index contributed by atoms with van der Waals surface area (Å²) >= 11 is 0. The van der Waals surface area contributed by atoms with Crippen molar-refractivity contribution in [2.24, 2.45) is 11.7 Å². The van der Waals surface area contributed by atoms with Gasteiger partial charge < -0.3 is 15.0 Å². The molecule has 1 aliphatic rings. The van der Waals surface area contributed by atoms with Crippen LogP contribution in [0.3, 0.4) is 0 Å². The summed E-state index contributed by atoms with van der Waals surface area (Å²) in [5.74, 6) is 1.71. The second-order valence-corrected chi connectivity index (χ2v) is 5.28. The standard InChI is InChI=1S/C14H25N3O2/c1-3-11(15)14-16-13(17-19-14)12(18-4-2)10-8-6-5-7-9-10/h10-12H,3-9,15H2,1-2H3. The highest BCUT2D eigenvalue weighted by atomic mass is 16.5. The Morgan fingerprint density at radius 2 is 2.05 bits per heavy atom. The third kappa shape index (κ3) is 3.54. The molecule has 2 N–H and O–H groups in total. The molecule has 1 saturated carbocycles. The molecule has 5 nitrogen and oxygen atoms in total. The molecule has 1 aromatic heterocycles. The summed E-state index contributed by atoms with van der Waals surface area (Å²) in [6.07, 6.45) is 7.01. The molecular formula is C14H25N3O2. The highest BCUT2D eigenvalue weighted by molar-refractivity contribution is 4.97. The molecule has 1 aromatic rings. The van der Waals surface area contributed by atoms with E-state index in [0.29, 0.717) is 24.2 Å². The molecule has 19 heavy (non-hydrogen) atoms. The van der Waals surface area contributed by atoms with Crippen molar-refractivity contribution in [1.82, 2.24) is 10.1 Å². The summed E-state index contributed by atoms with van der Waals surface area (Å²) < 4.78 is 11.1. The van der Waals surface area contributed by atoms with Gasteiger partial charge in [0.2, 0.25) is 11.7 Å². The number of nitrogens with two attached hydrogens (primary N) is 1. The topological polar surface area (TPSA) is 74.2 Å². The zero-order valence-corrected chi connectivity index (χ0v) is 12.0. The predicted molar refractivity (Wildman–Crippen MR) is 72.5 cm³/mol. The fourth-order valence-electron chi connectivity index (χ4n) is 2.73. The lowest BCUT2D eigenvalue weighted by Crippen LogP contribution is -2.20. The molecule has 1 fully saturated rings. The molecule has 2 unspecified atom stereocenters. The van der Waals surface area contributed by atoms with E-state index in [1.807, 2.05) is 13.8 Å². The molecule has 108 valence electrons. The predicted octanol–water partition coefficient (Wildman–Crippen LogP) is 3.14. The molecule has 0 aliphatic heterocycles. The molecule has 2 atom stereocenters. The summed E-state index contributed by atoms with van der Waals surface area (Å²) in [5.41, 5.74) is 5.92. The fourth-order valence-corrected chi connectivity index (χ4v) is 2.73. The van der Waals surface area contributed by atoms with E-state index >= 15 is 0 Å². The van der Waals surface area contributed by atoms with E-state index in [1.165, 1.54) is 32.1 Å². The average Bonchev–Trinajstić information content (AvgIpc) is 2.94. The molecule has 2 rings (SSSR count). The van der Waals surface area contributed by atoms with E-state index in [2.05, 4.69) is 10.1 Å². The van der Waals surface area contributed by atoms with Crippen molar-refractivity contribution < 1.29 is 9.26 Å². The quantitative estimate of drug-likeness (QED) is 0.857. The molecule has 5 heteroatoms. The minimum absolute atomic E-state index is 0.0353. The Bertz CT molecular complexity index is 375. The van der Waals surface area contributed by atoms with E-state index in [-0.39, 0.29) is 12.1 Å². The Morgan fingerprint density at radius 3 is 2.68 bits per heavy atom. The Morgan fingerprint density at radius 1 is 1.32 bits per heavy atom. The van der Waals surface area contributed by atoms with Crippen molar-refractivity contribution in [1.29, 1.82) is 0 Å². The van der Waals surface area contributed by atoms with Gasteiger partial charge in [0.1, 0.15) is 6.10 Å². The monoisotopic (exact) mass is 267 g/mol. The van der Waals surface area contributed by atoms with Crippen LogP contribution in [0.5, 0.6) is 0 Å². The van der Waals surface area contributed by atoms with Crippen LogP contribution in [0.15, 0.2) is 4.52 Å². The Hall–Kier alpha value is -0.940. The maximum absolute atomic E-state index is 5.92. The first-order valence-electron chi connectivity index (χ1n) is 7.46. The lowest BCUT2D eigenvalue weighted by atomic mass is 9.85. The first kappa shape index (κ1) is 14.5. The van der Waals surface area contributed by atoms with Crippen molar-refractivity contribution in [2.45, 2.75) is 64.5 Å². The normalized spacial score (nSPS) is 20.4. The van der Waals surface area contributed by atoms with E-state index < -0.39 is 0 Å². The van der Waals surface area contributed by atoms with Crippen LogP contribution in [-0.4, -0.2) is 16.7 Å². The summed E-state index contributed by atoms with van der Waals surface area (Å²) in [7, 11) is 0. The third-order valence-corrected chi connectivity index (χ3v) is 3.89. The van der Waals surface area contributed by atoms with Gasteiger partial charge in [-0.15, -0.1) is 0 Å². The number of aromatic nitrogens is 2. The van der Waals surface area contributed by atoms with E-state index in [1.54, 1.807) is 0 Å². The first-order chi connectivity index (χ1) is 9.26. The summed E-state index contributed by atoms with van der Waals surface area (Å²) in [5, 5.41) is 4.09. The maximum Gasteiger partial charge on any atom is 0.243 e. The SMILES string of the molecule is CCOC(c1noc(C(N)CC)n1)C1CCCCC1. The minimum Gasteiger partial charge on any atom is -0.370 e. The number of hydrogen-bond donors (Lipinski definition) is 1. The Labute approximate surface area is 114 Å². The Kier molecular flexibility index (Phi) is 5.34. The molecule has 1 aliphatic carbocycles. The summed E-state index contributed by atoms with van der Waals surface area (Å²) in [4.78, 5) is 4.45. The van der Waals surface area contributed by atoms with Gasteiger partial charge in [0.15, 0.2) is 0 Å². The Balaban J connectivity index is 2.11. The molecule has 1 heterocycles. The second kappa shape index (κ2) is 7.01. The number of hydrogen-bond acceptors (Lipinski definition) is 5. The van der Waals surface area contributed by atoms with Crippen molar-refractivity contribution in [3.63, 3.8) is 0 Å². The highest BCUT2D eigenvalue weighted by Crippen LogP contribution is 2.36. The van der Waals surface area contributed by atoms with Crippen LogP contribution < -0.4 is 5.73 Å². The zero-order chi connectivity index (χ0) is 13.7. The summed E-state index contributed by atoms with van der Waals surface area (Å²) in [6, 6.07) is -0.171. The van der Waals surface area contributed by atoms with Crippen LogP contribution in [0.25, 0.3) is 0 Å². The van der Waals surface area contributed by atoms with Crippen LogP contribution >= 0.6 is 0 Å². The van der Waals surface area contributed by atoms with Crippen LogP contribution in [0, 0.1) is 5.92 Å². The smallest absolute Gasteiger partial charge is 0.243 e. The average molecular weight is 267 g/mol. The number of ether oxygens (including phenoxy) is 1. The lowest BCUT2D eigenvalue weighted by molar-refractivity contribution is -0.00145. The van der Waals surface area contributed by atoms with Gasteiger partial charge >= 0.3 is 0 Å². The number of rotatable bonds is 6. The summed E-state index contributed by atoms with van der Waals surface area (Å²) in [6.45, 7) is 4.69. The lowest BCUT2D eigenvalue weighted by Gasteiger charge is -2.27. The molecule has 0 saturated heterocycles. The third-order valence-electron chi connectivity index (χ3n) is 3.89. The maximum atomic E-state index is 5.92. The van der Waals surface area contributed by atoms with E-state index in [0.717, 1.165) is 6.42 Å². The highest BCUT2D eigenvalue weighted by Gasteiger charge is 2.30. The molecule has 0 aromatic carbocycles. The van der Waals surface area contributed by atoms with Gasteiger partial charge in [-0.2, -0.15) is 4.98 Å². The van der Waals surface area contributed by atoms with Crippen LogP contribution in [0.4, 0.5) is 0 Å². The molecule has 0 amide bonds. The van der Waals surface area contributed by atoms with Gasteiger partial charge in [-0.25, -0.2) is 0 Å². The molecular weight excluding hydrogens is 242 g/mol. The van der Waals surface area contributed by atoms with Crippen molar-refractivity contribution in [3.8, 4) is 0 Å². The van der Waals surface area contributed by atoms with Gasteiger partial charge in [-0.3, -0.25) is 0 Å². The van der Waals surface area contributed by atoms with Crippen molar-refractivity contribution in [3.05, 3.63) is 11.7 Å². The van der Waals surface area contributed by atoms with Crippen molar-refractivity contribution >= 4 is 0 Å². The fraction of sp³-hybridized carbons (Fsp3) is 0.857. The van der Waals surface area contributed by atoms with Crippen LogP contribution in [0.1, 0.15) is 76.2 Å². The molecule has 0 spiro atoms. The van der Waals surface area contributed by atoms with Gasteiger partial charge in [-0.05, 0) is 32.1 Å². The van der Waals surface area contributed by atoms with E-state index in [9.17, 15) is 0 Å². The van der Waals surface area contributed by atoms with Crippen LogP contribution in [0.2, 0.25) is 0 Å². The second-order valence-electron chi connectivity index (χ2n) is 5.28. The zero-order valence-electron chi connectivity index (χ0n) is 12.0. The first-order valence-corrected chi connectivity index (χ1v) is 7.46. The van der Waals surface area contributed by atoms with Crippen LogP contribution in [-0.2, 0) is 4.74 Å². The molecule has 0 bridgehead atoms.